The second kappa shape index (κ2) is 7.74. The van der Waals surface area contributed by atoms with Crippen molar-refractivity contribution in [3.8, 4) is 0 Å². The van der Waals surface area contributed by atoms with Crippen molar-refractivity contribution in [1.82, 2.24) is 10.2 Å². The molecule has 1 saturated heterocycles. The van der Waals surface area contributed by atoms with Gasteiger partial charge in [-0.15, -0.1) is 0 Å². The van der Waals surface area contributed by atoms with Gasteiger partial charge in [-0.1, -0.05) is 49.2 Å². The summed E-state index contributed by atoms with van der Waals surface area (Å²) in [6.45, 7) is 2.13. The van der Waals surface area contributed by atoms with Crippen molar-refractivity contribution in [3.05, 3.63) is 48.0 Å². The zero-order valence-electron chi connectivity index (χ0n) is 16.2. The molecule has 3 unspecified atom stereocenters. The van der Waals surface area contributed by atoms with E-state index in [2.05, 4.69) is 29.6 Å². The first-order valence-electron chi connectivity index (χ1n) is 10.2. The van der Waals surface area contributed by atoms with E-state index < -0.39 is 0 Å². The number of likely N-dealkylation sites (tertiary alicyclic amines) is 1. The van der Waals surface area contributed by atoms with E-state index in [-0.39, 0.29) is 48.6 Å². The number of nitrogens with one attached hydrogen (secondary N) is 1. The third kappa shape index (κ3) is 3.53. The number of carbonyl (C=O) groups is 3. The molecule has 146 valence electrons. The van der Waals surface area contributed by atoms with Gasteiger partial charge in [0.05, 0.1) is 17.9 Å². The van der Waals surface area contributed by atoms with Crippen LogP contribution in [0.15, 0.2) is 42.5 Å². The Labute approximate surface area is 165 Å². The van der Waals surface area contributed by atoms with Crippen molar-refractivity contribution in [2.24, 2.45) is 11.8 Å². The summed E-state index contributed by atoms with van der Waals surface area (Å²) in [6, 6.07) is 14.1. The molecule has 1 aliphatic carbocycles. The molecule has 0 radical (unpaired) electrons. The average molecular weight is 378 g/mol. The fourth-order valence-corrected chi connectivity index (χ4v) is 4.54. The highest BCUT2D eigenvalue weighted by Crippen LogP contribution is 2.38. The van der Waals surface area contributed by atoms with Crippen LogP contribution in [0, 0.1) is 11.8 Å². The SMILES string of the molecule is CC(NC(=O)CCN1C(=O)C2CCCCC2C1=O)c1ccc2ccccc2c1. The van der Waals surface area contributed by atoms with Gasteiger partial charge in [0.2, 0.25) is 17.7 Å². The highest BCUT2D eigenvalue weighted by molar-refractivity contribution is 6.05. The highest BCUT2D eigenvalue weighted by Gasteiger charge is 2.47. The number of hydrogen-bond acceptors (Lipinski definition) is 3. The van der Waals surface area contributed by atoms with Crippen LogP contribution in [-0.4, -0.2) is 29.2 Å². The van der Waals surface area contributed by atoms with Crippen LogP contribution < -0.4 is 5.32 Å². The van der Waals surface area contributed by atoms with Gasteiger partial charge in [-0.25, -0.2) is 0 Å². The first-order valence-corrected chi connectivity index (χ1v) is 10.2. The Hall–Kier alpha value is -2.69. The smallest absolute Gasteiger partial charge is 0.233 e. The van der Waals surface area contributed by atoms with Crippen LogP contribution in [0.3, 0.4) is 0 Å². The largest absolute Gasteiger partial charge is 0.350 e. The fourth-order valence-electron chi connectivity index (χ4n) is 4.54. The van der Waals surface area contributed by atoms with Crippen LogP contribution in [0.4, 0.5) is 0 Å². The first kappa shape index (κ1) is 18.7. The molecule has 1 N–H and O–H groups in total. The summed E-state index contributed by atoms with van der Waals surface area (Å²) in [5.74, 6) is -0.604. The second-order valence-electron chi connectivity index (χ2n) is 7.97. The molecule has 2 aromatic rings. The zero-order valence-corrected chi connectivity index (χ0v) is 16.2. The minimum Gasteiger partial charge on any atom is -0.350 e. The second-order valence-corrected chi connectivity index (χ2v) is 7.97. The summed E-state index contributed by atoms with van der Waals surface area (Å²) in [5, 5.41) is 5.29. The standard InChI is InChI=1S/C23H26N2O3/c1-15(17-11-10-16-6-2-3-7-18(16)14-17)24-21(26)12-13-25-22(27)19-8-4-5-9-20(19)23(25)28/h2-3,6-7,10-11,14-15,19-20H,4-5,8-9,12-13H2,1H3,(H,24,26). The van der Waals surface area contributed by atoms with Gasteiger partial charge in [-0.3, -0.25) is 19.3 Å². The van der Waals surface area contributed by atoms with Gasteiger partial charge in [0.15, 0.2) is 0 Å². The molecular weight excluding hydrogens is 352 g/mol. The molecule has 0 bridgehead atoms. The molecule has 0 aromatic heterocycles. The minimum atomic E-state index is -0.152. The molecule has 4 rings (SSSR count). The third-order valence-electron chi connectivity index (χ3n) is 6.15. The minimum absolute atomic E-state index is 0.0786. The van der Waals surface area contributed by atoms with Gasteiger partial charge < -0.3 is 5.32 Å². The summed E-state index contributed by atoms with van der Waals surface area (Å²) in [5.41, 5.74) is 1.03. The normalized spacial score (nSPS) is 23.0. The lowest BCUT2D eigenvalue weighted by Crippen LogP contribution is -2.36. The van der Waals surface area contributed by atoms with Gasteiger partial charge in [0, 0.05) is 13.0 Å². The lowest BCUT2D eigenvalue weighted by Gasteiger charge is -2.19. The molecule has 1 saturated carbocycles. The summed E-state index contributed by atoms with van der Waals surface area (Å²) >= 11 is 0. The van der Waals surface area contributed by atoms with E-state index in [0.717, 1.165) is 42.0 Å². The Morgan fingerprint density at radius 2 is 1.68 bits per heavy atom. The Morgan fingerprint density at radius 1 is 1.04 bits per heavy atom. The molecule has 5 heteroatoms. The lowest BCUT2D eigenvalue weighted by atomic mass is 9.81. The van der Waals surface area contributed by atoms with E-state index in [0.29, 0.717) is 0 Å². The number of hydrogen-bond donors (Lipinski definition) is 1. The summed E-state index contributed by atoms with van der Waals surface area (Å²) in [4.78, 5) is 38.7. The van der Waals surface area contributed by atoms with E-state index >= 15 is 0 Å². The fraction of sp³-hybridized carbons (Fsp3) is 0.435. The van der Waals surface area contributed by atoms with Crippen LogP contribution in [0.1, 0.15) is 50.6 Å². The van der Waals surface area contributed by atoms with Crippen LogP contribution in [0.5, 0.6) is 0 Å². The number of amides is 3. The monoisotopic (exact) mass is 378 g/mol. The average Bonchev–Trinajstić information content (AvgIpc) is 2.96. The maximum atomic E-state index is 12.5. The van der Waals surface area contributed by atoms with Crippen LogP contribution >= 0.6 is 0 Å². The molecule has 1 aliphatic heterocycles. The summed E-state index contributed by atoms with van der Waals surface area (Å²) < 4.78 is 0. The summed E-state index contributed by atoms with van der Waals surface area (Å²) in [7, 11) is 0. The Morgan fingerprint density at radius 3 is 2.36 bits per heavy atom. The Kier molecular flexibility index (Phi) is 5.16. The molecule has 3 atom stereocenters. The van der Waals surface area contributed by atoms with Gasteiger partial charge in [0.25, 0.3) is 0 Å². The summed E-state index contributed by atoms with van der Waals surface area (Å²) in [6.07, 6.45) is 3.78. The van der Waals surface area contributed by atoms with E-state index in [1.54, 1.807) is 0 Å². The first-order chi connectivity index (χ1) is 13.5. The van der Waals surface area contributed by atoms with Gasteiger partial charge in [-0.05, 0) is 42.2 Å². The molecule has 2 aromatic carbocycles. The van der Waals surface area contributed by atoms with Crippen LogP contribution in [0.2, 0.25) is 0 Å². The molecule has 2 fully saturated rings. The molecule has 28 heavy (non-hydrogen) atoms. The number of imide groups is 1. The maximum absolute atomic E-state index is 12.5. The number of carbonyl (C=O) groups excluding carboxylic acids is 3. The maximum Gasteiger partial charge on any atom is 0.233 e. The molecular formula is C23H26N2O3. The highest BCUT2D eigenvalue weighted by atomic mass is 16.2. The van der Waals surface area contributed by atoms with E-state index in [1.807, 2.05) is 25.1 Å². The quantitative estimate of drug-likeness (QED) is 0.809. The van der Waals surface area contributed by atoms with Crippen molar-refractivity contribution in [2.75, 3.05) is 6.54 Å². The van der Waals surface area contributed by atoms with E-state index in [1.165, 1.54) is 4.90 Å². The van der Waals surface area contributed by atoms with Crippen molar-refractivity contribution < 1.29 is 14.4 Å². The Balaban J connectivity index is 1.35. The molecule has 0 spiro atoms. The van der Waals surface area contributed by atoms with Crippen LogP contribution in [-0.2, 0) is 14.4 Å². The van der Waals surface area contributed by atoms with Gasteiger partial charge in [-0.2, -0.15) is 0 Å². The number of fused-ring (bicyclic) bond motifs is 2. The Bertz CT molecular complexity index is 899. The predicted molar refractivity (Wildman–Crippen MR) is 107 cm³/mol. The van der Waals surface area contributed by atoms with Gasteiger partial charge in [0.1, 0.15) is 0 Å². The molecule has 2 aliphatic rings. The number of rotatable bonds is 5. The van der Waals surface area contributed by atoms with Crippen LogP contribution in [0.25, 0.3) is 10.8 Å². The van der Waals surface area contributed by atoms with Gasteiger partial charge >= 0.3 is 0 Å². The topological polar surface area (TPSA) is 66.5 Å². The van der Waals surface area contributed by atoms with E-state index in [4.69, 9.17) is 0 Å². The lowest BCUT2D eigenvalue weighted by molar-refractivity contribution is -0.140. The van der Waals surface area contributed by atoms with E-state index in [9.17, 15) is 14.4 Å². The van der Waals surface area contributed by atoms with Crippen molar-refractivity contribution in [1.29, 1.82) is 0 Å². The molecule has 5 nitrogen and oxygen atoms in total. The van der Waals surface area contributed by atoms with Crippen molar-refractivity contribution >= 4 is 28.5 Å². The number of benzene rings is 2. The van der Waals surface area contributed by atoms with Crippen molar-refractivity contribution in [3.63, 3.8) is 0 Å². The van der Waals surface area contributed by atoms with Crippen molar-refractivity contribution in [2.45, 2.75) is 45.1 Å². The molecule has 1 heterocycles. The number of nitrogens with zero attached hydrogens (tertiary/aromatic N) is 1. The molecule has 3 amide bonds. The third-order valence-corrected chi connectivity index (χ3v) is 6.15. The zero-order chi connectivity index (χ0) is 19.7. The predicted octanol–water partition coefficient (Wildman–Crippen LogP) is 3.58.